The quantitative estimate of drug-likeness (QED) is 0.186. The second-order valence-electron chi connectivity index (χ2n) is 10.5. The van der Waals surface area contributed by atoms with Gasteiger partial charge in [0.25, 0.3) is 0 Å². The van der Waals surface area contributed by atoms with Crippen LogP contribution in [0.5, 0.6) is 0 Å². The molecule has 0 fully saturated rings. The Bertz CT molecular complexity index is 477. The Labute approximate surface area is 177 Å². The van der Waals surface area contributed by atoms with Crippen molar-refractivity contribution in [2.75, 3.05) is 0 Å². The van der Waals surface area contributed by atoms with Crippen molar-refractivity contribution >= 4 is 39.7 Å². The van der Waals surface area contributed by atoms with Gasteiger partial charge in [-0.1, -0.05) is 19.9 Å². The van der Waals surface area contributed by atoms with Gasteiger partial charge in [0, 0.05) is 11.6 Å². The molecule has 0 aliphatic heterocycles. The molecule has 0 aromatic heterocycles. The van der Waals surface area contributed by atoms with Gasteiger partial charge in [0.05, 0.1) is 0 Å². The van der Waals surface area contributed by atoms with Crippen LogP contribution in [-0.2, 0) is 21.9 Å². The summed E-state index contributed by atoms with van der Waals surface area (Å²) in [6.45, 7) is 27.1. The van der Waals surface area contributed by atoms with Crippen LogP contribution in [0, 0.1) is 0 Å². The Balaban J connectivity index is 5.71. The van der Waals surface area contributed by atoms with E-state index in [0.29, 0.717) is 18.0 Å². The topological polar surface area (TPSA) is 54.0 Å². The molecule has 5 nitrogen and oxygen atoms in total. The fourth-order valence-electron chi connectivity index (χ4n) is 2.79. The zero-order valence-corrected chi connectivity index (χ0v) is 24.2. The highest BCUT2D eigenvalue weighted by Crippen LogP contribution is 2.31. The standard InChI is InChI=1S/C19H44O5Si4/c1-13-14-18(21-19(20)17(2)3)15-16-28(22-25(4,5)6,23-26(7,8)9)24-27(10,11)12/h18H,2,13-16H2,1,3-12H3. The Morgan fingerprint density at radius 3 is 1.50 bits per heavy atom. The molecule has 0 rings (SSSR count). The number of carbonyl (C=O) groups excluding carboxylic acids is 1. The first kappa shape index (κ1) is 28.0. The van der Waals surface area contributed by atoms with E-state index in [-0.39, 0.29) is 12.1 Å². The van der Waals surface area contributed by atoms with Crippen LogP contribution in [0.4, 0.5) is 0 Å². The summed E-state index contributed by atoms with van der Waals surface area (Å²) in [5.41, 5.74) is 0.430. The van der Waals surface area contributed by atoms with Crippen molar-refractivity contribution in [3.05, 3.63) is 12.2 Å². The van der Waals surface area contributed by atoms with Crippen molar-refractivity contribution in [2.45, 2.75) is 104 Å². The summed E-state index contributed by atoms with van der Waals surface area (Å²) in [4.78, 5) is 12.1. The van der Waals surface area contributed by atoms with Crippen LogP contribution in [0.2, 0.25) is 65.0 Å². The second-order valence-corrected chi connectivity index (χ2v) is 27.5. The van der Waals surface area contributed by atoms with Gasteiger partial charge in [0.15, 0.2) is 25.0 Å². The molecule has 0 saturated heterocycles. The third-order valence-electron chi connectivity index (χ3n) is 3.39. The van der Waals surface area contributed by atoms with E-state index in [0.717, 1.165) is 12.8 Å². The molecule has 1 unspecified atom stereocenters. The predicted octanol–water partition coefficient (Wildman–Crippen LogP) is 6.16. The molecule has 0 spiro atoms. The van der Waals surface area contributed by atoms with Gasteiger partial charge in [-0.3, -0.25) is 0 Å². The minimum absolute atomic E-state index is 0.165. The monoisotopic (exact) mass is 464 g/mol. The largest absolute Gasteiger partial charge is 0.469 e. The number of hydrogen-bond acceptors (Lipinski definition) is 5. The van der Waals surface area contributed by atoms with Crippen LogP contribution in [0.3, 0.4) is 0 Å². The van der Waals surface area contributed by atoms with Gasteiger partial charge < -0.3 is 17.1 Å². The Hall–Kier alpha value is -0.0425. The zero-order chi connectivity index (χ0) is 22.4. The van der Waals surface area contributed by atoms with Gasteiger partial charge in [-0.2, -0.15) is 0 Å². The number of esters is 1. The fourth-order valence-corrected chi connectivity index (χ4v) is 17.5. The van der Waals surface area contributed by atoms with E-state index in [9.17, 15) is 4.79 Å². The van der Waals surface area contributed by atoms with Crippen molar-refractivity contribution in [1.82, 2.24) is 0 Å². The summed E-state index contributed by atoms with van der Waals surface area (Å²) >= 11 is 0. The summed E-state index contributed by atoms with van der Waals surface area (Å²) in [6.07, 6.45) is 2.29. The maximum Gasteiger partial charge on any atom is 0.469 e. The van der Waals surface area contributed by atoms with Crippen LogP contribution >= 0.6 is 0 Å². The molecule has 0 aliphatic carbocycles. The number of ether oxygens (including phenoxy) is 1. The SMILES string of the molecule is C=C(C)C(=O)OC(CCC)CC[Si](O[Si](C)(C)C)(O[Si](C)(C)C)O[Si](C)(C)C. The third-order valence-corrected chi connectivity index (χ3v) is 15.4. The number of rotatable bonds is 13. The predicted molar refractivity (Wildman–Crippen MR) is 128 cm³/mol. The lowest BCUT2D eigenvalue weighted by atomic mass is 10.1. The highest BCUT2D eigenvalue weighted by molar-refractivity contribution is 6.90. The fraction of sp³-hybridized carbons (Fsp3) is 0.842. The van der Waals surface area contributed by atoms with E-state index >= 15 is 0 Å². The van der Waals surface area contributed by atoms with E-state index < -0.39 is 33.8 Å². The van der Waals surface area contributed by atoms with E-state index in [1.807, 2.05) is 0 Å². The zero-order valence-electron chi connectivity index (χ0n) is 20.2. The van der Waals surface area contributed by atoms with E-state index in [1.54, 1.807) is 6.92 Å². The van der Waals surface area contributed by atoms with Gasteiger partial charge in [-0.05, 0) is 78.7 Å². The molecular weight excluding hydrogens is 421 g/mol. The summed E-state index contributed by atoms with van der Waals surface area (Å²) in [5.74, 6) is -0.325. The van der Waals surface area contributed by atoms with Crippen molar-refractivity contribution in [2.24, 2.45) is 0 Å². The third kappa shape index (κ3) is 13.2. The second kappa shape index (κ2) is 10.8. The van der Waals surface area contributed by atoms with Gasteiger partial charge >= 0.3 is 14.8 Å². The molecule has 9 heteroatoms. The summed E-state index contributed by atoms with van der Waals surface area (Å²) in [5, 5.41) is 0. The molecule has 0 N–H and O–H groups in total. The van der Waals surface area contributed by atoms with Crippen molar-refractivity contribution < 1.29 is 21.9 Å². The molecule has 0 aliphatic rings. The van der Waals surface area contributed by atoms with Gasteiger partial charge in [0.1, 0.15) is 6.10 Å². The lowest BCUT2D eigenvalue weighted by Gasteiger charge is -2.43. The Morgan fingerprint density at radius 2 is 1.21 bits per heavy atom. The van der Waals surface area contributed by atoms with Crippen LogP contribution in [0.25, 0.3) is 0 Å². The normalized spacial score (nSPS) is 14.7. The lowest BCUT2D eigenvalue weighted by molar-refractivity contribution is -0.144. The smallest absolute Gasteiger partial charge is 0.459 e. The molecule has 0 radical (unpaired) electrons. The van der Waals surface area contributed by atoms with E-state index in [2.05, 4.69) is 72.4 Å². The minimum Gasteiger partial charge on any atom is -0.459 e. The summed E-state index contributed by atoms with van der Waals surface area (Å²) in [7, 11) is -8.60. The average molecular weight is 465 g/mol. The van der Waals surface area contributed by atoms with E-state index in [1.165, 1.54) is 0 Å². The average Bonchev–Trinajstić information content (AvgIpc) is 2.38. The Morgan fingerprint density at radius 1 is 0.821 bits per heavy atom. The molecule has 166 valence electrons. The van der Waals surface area contributed by atoms with Crippen molar-refractivity contribution in [1.29, 1.82) is 0 Å². The first-order valence-electron chi connectivity index (χ1n) is 10.3. The number of carbonyl (C=O) groups is 1. The molecule has 1 atom stereocenters. The molecule has 0 heterocycles. The summed E-state index contributed by atoms with van der Waals surface area (Å²) < 4.78 is 25.8. The highest BCUT2D eigenvalue weighted by atomic mass is 28.5. The van der Waals surface area contributed by atoms with Gasteiger partial charge in [-0.15, -0.1) is 0 Å². The number of hydrogen-bond donors (Lipinski definition) is 0. The molecular formula is C19H44O5Si4. The van der Waals surface area contributed by atoms with E-state index in [4.69, 9.17) is 17.1 Å². The van der Waals surface area contributed by atoms with Gasteiger partial charge in [0.2, 0.25) is 0 Å². The van der Waals surface area contributed by atoms with Gasteiger partial charge in [-0.25, -0.2) is 4.79 Å². The first-order valence-corrected chi connectivity index (χ1v) is 22.5. The lowest BCUT2D eigenvalue weighted by Crippen LogP contribution is -2.60. The molecule has 28 heavy (non-hydrogen) atoms. The summed E-state index contributed by atoms with van der Waals surface area (Å²) in [6, 6.07) is 0.681. The molecule has 0 aromatic carbocycles. The van der Waals surface area contributed by atoms with Crippen molar-refractivity contribution in [3.63, 3.8) is 0 Å². The maximum absolute atomic E-state index is 12.1. The Kier molecular flexibility index (Phi) is 10.8. The van der Waals surface area contributed by atoms with Crippen LogP contribution in [-0.4, -0.2) is 45.8 Å². The highest BCUT2D eigenvalue weighted by Gasteiger charge is 2.50. The van der Waals surface area contributed by atoms with Crippen LogP contribution in [0.15, 0.2) is 12.2 Å². The minimum atomic E-state index is -2.90. The van der Waals surface area contributed by atoms with Crippen LogP contribution in [0.1, 0.15) is 33.1 Å². The first-order chi connectivity index (χ1) is 12.4. The molecule has 0 saturated carbocycles. The molecule has 0 aromatic rings. The van der Waals surface area contributed by atoms with Crippen molar-refractivity contribution in [3.8, 4) is 0 Å². The maximum atomic E-state index is 12.1. The van der Waals surface area contributed by atoms with Crippen LogP contribution < -0.4 is 0 Å². The molecule has 0 bridgehead atoms. The molecule has 0 amide bonds.